The summed E-state index contributed by atoms with van der Waals surface area (Å²) in [5.74, 6) is -1.05. The third kappa shape index (κ3) is 8.16. The van der Waals surface area contributed by atoms with E-state index >= 15 is 0 Å². The summed E-state index contributed by atoms with van der Waals surface area (Å²) in [5.41, 5.74) is 0.713. The van der Waals surface area contributed by atoms with E-state index in [9.17, 15) is 14.4 Å². The predicted molar refractivity (Wildman–Crippen MR) is 150 cm³/mol. The van der Waals surface area contributed by atoms with E-state index in [0.29, 0.717) is 75.3 Å². The number of hydrogen-bond donors (Lipinski definition) is 2. The van der Waals surface area contributed by atoms with Crippen molar-refractivity contribution in [3.63, 3.8) is 0 Å². The number of aliphatic hydroxyl groups is 1. The Kier molecular flexibility index (Phi) is 11.7. The van der Waals surface area contributed by atoms with Crippen LogP contribution in [0.15, 0.2) is 51.6 Å². The number of allylic oxidation sites excluding steroid dienone is 1. The van der Waals surface area contributed by atoms with Gasteiger partial charge in [-0.3, -0.25) is 14.4 Å². The predicted octanol–water partition coefficient (Wildman–Crippen LogP) is 2.31. The van der Waals surface area contributed by atoms with Crippen molar-refractivity contribution in [1.29, 1.82) is 0 Å². The molecule has 3 unspecified atom stereocenters. The Bertz CT molecular complexity index is 1240. The normalized spacial score (nSPS) is 20.7. The van der Waals surface area contributed by atoms with E-state index in [0.717, 1.165) is 13.0 Å². The number of aliphatic hydroxyl groups excluding tert-OH is 1. The Hall–Kier alpha value is -3.25. The smallest absolute Gasteiger partial charge is 0.286 e. The van der Waals surface area contributed by atoms with Crippen molar-refractivity contribution in [2.75, 3.05) is 59.3 Å². The van der Waals surface area contributed by atoms with Gasteiger partial charge in [-0.05, 0) is 44.4 Å². The summed E-state index contributed by atoms with van der Waals surface area (Å²) in [6.07, 6.45) is 4.90. The molecule has 4 rings (SSSR count). The van der Waals surface area contributed by atoms with Crippen molar-refractivity contribution in [3.05, 3.63) is 58.2 Å². The standard InChI is InChI=1S/C30H40N2O9/c1-2-39-30-21(10-15-37-17-18-38-16-14-33)23(24-20-40-25-8-4-3-7-22(25)28(24)35)19-26(41-30)29(36)31-11-6-13-32-12-5-9-27(32)34/h3-4,7-8,19-21,23,30,33H,2,5-6,9-18H2,1H3,(H,31,36). The number of nitrogens with zero attached hydrogens (tertiary/aromatic N) is 1. The Morgan fingerprint density at radius 3 is 2.71 bits per heavy atom. The van der Waals surface area contributed by atoms with Crippen molar-refractivity contribution in [2.24, 2.45) is 5.92 Å². The molecule has 1 saturated heterocycles. The van der Waals surface area contributed by atoms with Crippen molar-refractivity contribution in [1.82, 2.24) is 10.2 Å². The lowest BCUT2D eigenvalue weighted by atomic mass is 9.81. The van der Waals surface area contributed by atoms with Gasteiger partial charge in [0.05, 0.1) is 38.1 Å². The van der Waals surface area contributed by atoms with Gasteiger partial charge in [0, 0.05) is 56.7 Å². The quantitative estimate of drug-likeness (QED) is 0.290. The molecule has 2 aliphatic heterocycles. The highest BCUT2D eigenvalue weighted by molar-refractivity contribution is 5.91. The molecule has 2 amide bonds. The average Bonchev–Trinajstić information content (AvgIpc) is 3.40. The van der Waals surface area contributed by atoms with Crippen LogP contribution in [0.25, 0.3) is 11.0 Å². The minimum absolute atomic E-state index is 0.0498. The van der Waals surface area contributed by atoms with Crippen LogP contribution in [-0.2, 0) is 28.5 Å². The molecule has 11 heteroatoms. The topological polar surface area (TPSA) is 137 Å². The minimum Gasteiger partial charge on any atom is -0.464 e. The van der Waals surface area contributed by atoms with Crippen LogP contribution in [0.3, 0.4) is 0 Å². The van der Waals surface area contributed by atoms with Gasteiger partial charge in [-0.2, -0.15) is 0 Å². The molecule has 41 heavy (non-hydrogen) atoms. The summed E-state index contributed by atoms with van der Waals surface area (Å²) >= 11 is 0. The Morgan fingerprint density at radius 2 is 1.95 bits per heavy atom. The number of rotatable bonds is 16. The highest BCUT2D eigenvalue weighted by Crippen LogP contribution is 2.38. The fourth-order valence-corrected chi connectivity index (χ4v) is 5.22. The third-order valence-corrected chi connectivity index (χ3v) is 7.27. The molecule has 1 aromatic carbocycles. The first-order valence-corrected chi connectivity index (χ1v) is 14.4. The second-order valence-electron chi connectivity index (χ2n) is 10.0. The van der Waals surface area contributed by atoms with Crippen molar-refractivity contribution in [2.45, 2.75) is 44.8 Å². The lowest BCUT2D eigenvalue weighted by molar-refractivity contribution is -0.168. The molecule has 1 aromatic heterocycles. The summed E-state index contributed by atoms with van der Waals surface area (Å²) in [7, 11) is 0. The zero-order chi connectivity index (χ0) is 29.0. The Morgan fingerprint density at radius 1 is 1.15 bits per heavy atom. The van der Waals surface area contributed by atoms with E-state index in [1.54, 1.807) is 30.3 Å². The van der Waals surface area contributed by atoms with Crippen LogP contribution >= 0.6 is 0 Å². The molecule has 3 atom stereocenters. The zero-order valence-electron chi connectivity index (χ0n) is 23.5. The Balaban J connectivity index is 1.51. The van der Waals surface area contributed by atoms with Gasteiger partial charge in [-0.1, -0.05) is 12.1 Å². The molecule has 2 N–H and O–H groups in total. The lowest BCUT2D eigenvalue weighted by Gasteiger charge is -2.36. The number of likely N-dealkylation sites (tertiary alicyclic amines) is 1. The molecule has 11 nitrogen and oxygen atoms in total. The van der Waals surface area contributed by atoms with Gasteiger partial charge in [-0.15, -0.1) is 0 Å². The largest absolute Gasteiger partial charge is 0.464 e. The fraction of sp³-hybridized carbons (Fsp3) is 0.567. The van der Waals surface area contributed by atoms with E-state index in [-0.39, 0.29) is 36.2 Å². The second kappa shape index (κ2) is 15.7. The highest BCUT2D eigenvalue weighted by atomic mass is 16.7. The molecule has 0 bridgehead atoms. The first-order chi connectivity index (χ1) is 20.0. The third-order valence-electron chi connectivity index (χ3n) is 7.27. The van der Waals surface area contributed by atoms with E-state index in [1.807, 2.05) is 11.8 Å². The molecule has 2 aromatic rings. The molecule has 0 aliphatic carbocycles. The zero-order valence-corrected chi connectivity index (χ0v) is 23.5. The van der Waals surface area contributed by atoms with Crippen molar-refractivity contribution in [3.8, 4) is 0 Å². The lowest BCUT2D eigenvalue weighted by Crippen LogP contribution is -2.40. The summed E-state index contributed by atoms with van der Waals surface area (Å²) in [6.45, 7) is 5.15. The van der Waals surface area contributed by atoms with Gasteiger partial charge in [-0.25, -0.2) is 0 Å². The Labute approximate surface area is 239 Å². The number of para-hydroxylation sites is 1. The maximum Gasteiger partial charge on any atom is 0.286 e. The van der Waals surface area contributed by atoms with Crippen LogP contribution < -0.4 is 10.7 Å². The number of carbonyl (C=O) groups excluding carboxylic acids is 2. The molecule has 1 fully saturated rings. The van der Waals surface area contributed by atoms with Gasteiger partial charge < -0.3 is 38.7 Å². The number of hydrogen-bond acceptors (Lipinski definition) is 9. The van der Waals surface area contributed by atoms with E-state index in [4.69, 9.17) is 28.5 Å². The maximum absolute atomic E-state index is 13.6. The van der Waals surface area contributed by atoms with Gasteiger partial charge in [0.2, 0.25) is 12.2 Å². The number of fused-ring (bicyclic) bond motifs is 1. The van der Waals surface area contributed by atoms with Crippen LogP contribution in [0.5, 0.6) is 0 Å². The SMILES string of the molecule is CCOC1OC(C(=O)NCCCN2CCCC2=O)=CC(c2coc3ccccc3c2=O)C1CCOCCOCCO. The molecule has 224 valence electrons. The molecule has 0 radical (unpaired) electrons. The molecule has 3 heterocycles. The van der Waals surface area contributed by atoms with Gasteiger partial charge >= 0.3 is 0 Å². The minimum atomic E-state index is -0.793. The van der Waals surface area contributed by atoms with E-state index < -0.39 is 18.1 Å². The number of benzene rings is 1. The first kappa shape index (κ1) is 30.7. The number of nitrogens with one attached hydrogen (secondary N) is 1. The molecular weight excluding hydrogens is 532 g/mol. The number of amides is 2. The molecule has 0 saturated carbocycles. The summed E-state index contributed by atoms with van der Waals surface area (Å²) in [6, 6.07) is 7.04. The van der Waals surface area contributed by atoms with Crippen molar-refractivity contribution < 1.29 is 38.1 Å². The summed E-state index contributed by atoms with van der Waals surface area (Å²) in [4.78, 5) is 40.4. The van der Waals surface area contributed by atoms with Gasteiger partial charge in [0.1, 0.15) is 5.58 Å². The second-order valence-corrected chi connectivity index (χ2v) is 10.0. The highest BCUT2D eigenvalue weighted by Gasteiger charge is 2.39. The summed E-state index contributed by atoms with van der Waals surface area (Å²) in [5, 5.41) is 12.2. The number of carbonyl (C=O) groups is 2. The number of ether oxygens (including phenoxy) is 4. The van der Waals surface area contributed by atoms with Crippen molar-refractivity contribution >= 4 is 22.8 Å². The van der Waals surface area contributed by atoms with E-state index in [1.165, 1.54) is 6.26 Å². The van der Waals surface area contributed by atoms with Gasteiger partial charge in [0.25, 0.3) is 5.91 Å². The van der Waals surface area contributed by atoms with Crippen LogP contribution in [0.1, 0.15) is 44.1 Å². The fourth-order valence-electron chi connectivity index (χ4n) is 5.22. The summed E-state index contributed by atoms with van der Waals surface area (Å²) < 4.78 is 28.8. The monoisotopic (exact) mass is 572 g/mol. The van der Waals surface area contributed by atoms with Crippen LogP contribution in [-0.4, -0.2) is 87.4 Å². The first-order valence-electron chi connectivity index (χ1n) is 14.4. The van der Waals surface area contributed by atoms with Crippen LogP contribution in [0, 0.1) is 5.92 Å². The molecule has 2 aliphatic rings. The van der Waals surface area contributed by atoms with Gasteiger partial charge in [0.15, 0.2) is 11.2 Å². The molecular formula is C30H40N2O9. The van der Waals surface area contributed by atoms with E-state index in [2.05, 4.69) is 5.32 Å². The maximum atomic E-state index is 13.6. The van der Waals surface area contributed by atoms with Crippen LogP contribution in [0.2, 0.25) is 0 Å². The average molecular weight is 573 g/mol. The molecule has 0 spiro atoms. The van der Waals surface area contributed by atoms with Crippen LogP contribution in [0.4, 0.5) is 0 Å².